The number of carbonyl (C=O) groups excluding carboxylic acids is 1. The van der Waals surface area contributed by atoms with E-state index in [4.69, 9.17) is 9.47 Å². The third-order valence-electron chi connectivity index (χ3n) is 5.52. The van der Waals surface area contributed by atoms with Crippen molar-refractivity contribution >= 4 is 11.9 Å². The Bertz CT molecular complexity index is 1140. The van der Waals surface area contributed by atoms with Crippen LogP contribution in [0.3, 0.4) is 0 Å². The number of hydrogen-bond acceptors (Lipinski definition) is 6. The average Bonchev–Trinajstić information content (AvgIpc) is 2.65. The molecule has 0 aromatic heterocycles. The Morgan fingerprint density at radius 1 is 1.13 bits per heavy atom. The molecule has 0 fully saturated rings. The highest BCUT2D eigenvalue weighted by molar-refractivity contribution is 6.03. The molecule has 1 atom stereocenters. The van der Waals surface area contributed by atoms with Gasteiger partial charge in [0.25, 0.3) is 0 Å². The molecule has 0 bridgehead atoms. The van der Waals surface area contributed by atoms with E-state index in [1.54, 1.807) is 6.07 Å². The molecule has 2 aromatic carbocycles. The highest BCUT2D eigenvalue weighted by Gasteiger charge is 2.34. The number of aromatic hydroxyl groups is 3. The molecule has 162 valence electrons. The number of fused-ring (bicyclic) bond motifs is 2. The largest absolute Gasteiger partial charge is 0.507 e. The van der Waals surface area contributed by atoms with Crippen LogP contribution in [0, 0.1) is 0 Å². The number of allylic oxidation sites excluding steroid dienone is 2. The number of rotatable bonds is 3. The van der Waals surface area contributed by atoms with E-state index in [0.29, 0.717) is 17.7 Å². The molecule has 4 rings (SSSR count). The predicted octanol–water partition coefficient (Wildman–Crippen LogP) is 5.20. The number of hydrogen-bond donors (Lipinski definition) is 3. The fourth-order valence-corrected chi connectivity index (χ4v) is 3.87. The van der Waals surface area contributed by atoms with Crippen molar-refractivity contribution in [3.05, 3.63) is 58.2 Å². The molecule has 6 nitrogen and oxygen atoms in total. The summed E-state index contributed by atoms with van der Waals surface area (Å²) in [5.41, 5.74) is 2.12. The number of ketones is 1. The second-order valence-corrected chi connectivity index (χ2v) is 8.80. The van der Waals surface area contributed by atoms with Gasteiger partial charge in [-0.3, -0.25) is 4.79 Å². The monoisotopic (exact) mass is 422 g/mol. The number of benzene rings is 2. The van der Waals surface area contributed by atoms with Gasteiger partial charge in [0.1, 0.15) is 46.0 Å². The maximum atomic E-state index is 12.9. The second-order valence-electron chi connectivity index (χ2n) is 8.80. The Kier molecular flexibility index (Phi) is 4.96. The molecule has 6 heteroatoms. The summed E-state index contributed by atoms with van der Waals surface area (Å²) >= 11 is 0. The molecule has 2 aliphatic heterocycles. The maximum Gasteiger partial charge on any atom is 0.174 e. The van der Waals surface area contributed by atoms with Crippen molar-refractivity contribution in [3.63, 3.8) is 0 Å². The van der Waals surface area contributed by atoms with Crippen LogP contribution in [0.1, 0.15) is 67.3 Å². The van der Waals surface area contributed by atoms with Gasteiger partial charge in [-0.2, -0.15) is 0 Å². The molecule has 0 aliphatic carbocycles. The van der Waals surface area contributed by atoms with Crippen LogP contribution >= 0.6 is 0 Å². The summed E-state index contributed by atoms with van der Waals surface area (Å²) in [7, 11) is 0. The van der Waals surface area contributed by atoms with Crippen molar-refractivity contribution < 1.29 is 29.6 Å². The molecule has 0 amide bonds. The number of ether oxygens (including phenoxy) is 2. The van der Waals surface area contributed by atoms with Gasteiger partial charge < -0.3 is 24.8 Å². The van der Waals surface area contributed by atoms with Crippen LogP contribution in [0.2, 0.25) is 0 Å². The lowest BCUT2D eigenvalue weighted by Gasteiger charge is -2.30. The first kappa shape index (κ1) is 20.8. The van der Waals surface area contributed by atoms with Gasteiger partial charge in [0.15, 0.2) is 5.78 Å². The van der Waals surface area contributed by atoms with Gasteiger partial charge >= 0.3 is 0 Å². The third kappa shape index (κ3) is 3.85. The zero-order valence-corrected chi connectivity index (χ0v) is 18.0. The van der Waals surface area contributed by atoms with Crippen molar-refractivity contribution in [1.82, 2.24) is 0 Å². The van der Waals surface area contributed by atoms with Crippen LogP contribution in [0.5, 0.6) is 28.7 Å². The van der Waals surface area contributed by atoms with Crippen molar-refractivity contribution in [3.8, 4) is 28.7 Å². The van der Waals surface area contributed by atoms with Gasteiger partial charge in [-0.25, -0.2) is 0 Å². The summed E-state index contributed by atoms with van der Waals surface area (Å²) < 4.78 is 11.8. The van der Waals surface area contributed by atoms with E-state index < -0.39 is 11.7 Å². The first-order valence-corrected chi connectivity index (χ1v) is 10.2. The van der Waals surface area contributed by atoms with E-state index in [1.165, 1.54) is 12.1 Å². The quantitative estimate of drug-likeness (QED) is 0.588. The minimum atomic E-state index is -0.754. The lowest BCUT2D eigenvalue weighted by Crippen LogP contribution is -2.27. The van der Waals surface area contributed by atoms with Gasteiger partial charge in [0.2, 0.25) is 0 Å². The van der Waals surface area contributed by atoms with E-state index in [0.717, 1.165) is 11.1 Å². The molecular formula is C25H26O6. The maximum absolute atomic E-state index is 12.9. The van der Waals surface area contributed by atoms with E-state index in [2.05, 4.69) is 0 Å². The van der Waals surface area contributed by atoms with Gasteiger partial charge in [0.05, 0.1) is 6.42 Å². The standard InChI is InChI=1S/C25H26O6/c1-13(2)5-6-15-17(26)11-22-23(24(15)29)19(28)12-21(30-22)16-9-14-7-8-25(3,4)31-20(14)10-18(16)27/h5,7-11,21,26-27,29H,6,12H2,1-4H3/t21-/m0/s1. The Balaban J connectivity index is 1.71. The molecule has 3 N–H and O–H groups in total. The van der Waals surface area contributed by atoms with Crippen LogP contribution in [0.25, 0.3) is 6.08 Å². The third-order valence-corrected chi connectivity index (χ3v) is 5.52. The average molecular weight is 422 g/mol. The van der Waals surface area contributed by atoms with Crippen molar-refractivity contribution in [1.29, 1.82) is 0 Å². The smallest absolute Gasteiger partial charge is 0.174 e. The van der Waals surface area contributed by atoms with Crippen molar-refractivity contribution in [2.45, 2.75) is 52.2 Å². The predicted molar refractivity (Wildman–Crippen MR) is 117 cm³/mol. The van der Waals surface area contributed by atoms with Crippen molar-refractivity contribution in [2.75, 3.05) is 0 Å². The van der Waals surface area contributed by atoms with E-state index in [9.17, 15) is 20.1 Å². The summed E-state index contributed by atoms with van der Waals surface area (Å²) in [4.78, 5) is 12.9. The molecule has 2 aromatic rings. The van der Waals surface area contributed by atoms with Gasteiger partial charge in [-0.1, -0.05) is 17.7 Å². The fraction of sp³-hybridized carbons (Fsp3) is 0.320. The SMILES string of the molecule is CC(C)=CCc1c(O)cc2c(c1O)C(=O)C[C@@H](c1cc3c(cc1O)OC(C)(C)C=C3)O2. The summed E-state index contributed by atoms with van der Waals surface area (Å²) in [6.45, 7) is 7.67. The first-order chi connectivity index (χ1) is 14.6. The molecular weight excluding hydrogens is 396 g/mol. The minimum absolute atomic E-state index is 0.0419. The van der Waals surface area contributed by atoms with Crippen LogP contribution < -0.4 is 9.47 Å². The van der Waals surface area contributed by atoms with Gasteiger partial charge in [-0.15, -0.1) is 0 Å². The molecule has 31 heavy (non-hydrogen) atoms. The highest BCUT2D eigenvalue weighted by atomic mass is 16.5. The van der Waals surface area contributed by atoms with E-state index in [1.807, 2.05) is 45.9 Å². The van der Waals surface area contributed by atoms with Gasteiger partial charge in [-0.05, 0) is 46.3 Å². The Morgan fingerprint density at radius 2 is 1.84 bits per heavy atom. The second kappa shape index (κ2) is 7.38. The van der Waals surface area contributed by atoms with E-state index >= 15 is 0 Å². The zero-order chi connectivity index (χ0) is 22.5. The molecule has 0 saturated heterocycles. The lowest BCUT2D eigenvalue weighted by atomic mass is 9.91. The van der Waals surface area contributed by atoms with Gasteiger partial charge in [0, 0.05) is 28.8 Å². The Morgan fingerprint density at radius 3 is 2.55 bits per heavy atom. The molecule has 2 aliphatic rings. The fourth-order valence-electron chi connectivity index (χ4n) is 3.87. The van der Waals surface area contributed by atoms with Crippen molar-refractivity contribution in [2.24, 2.45) is 0 Å². The Labute approximate surface area is 181 Å². The Hall–Kier alpha value is -3.41. The molecule has 2 heterocycles. The molecule has 0 spiro atoms. The highest BCUT2D eigenvalue weighted by Crippen LogP contribution is 2.47. The molecule has 0 saturated carbocycles. The molecule has 0 radical (unpaired) electrons. The van der Waals surface area contributed by atoms with Crippen LogP contribution in [-0.2, 0) is 6.42 Å². The first-order valence-electron chi connectivity index (χ1n) is 10.2. The zero-order valence-electron chi connectivity index (χ0n) is 18.0. The molecule has 0 unspecified atom stereocenters. The minimum Gasteiger partial charge on any atom is -0.507 e. The van der Waals surface area contributed by atoms with Crippen LogP contribution in [0.15, 0.2) is 35.9 Å². The van der Waals surface area contributed by atoms with Crippen LogP contribution in [0.4, 0.5) is 0 Å². The lowest BCUT2D eigenvalue weighted by molar-refractivity contribution is 0.0841. The summed E-state index contributed by atoms with van der Waals surface area (Å²) in [5.74, 6) is -0.107. The number of phenolic OH excluding ortho intramolecular Hbond substituents is 3. The summed E-state index contributed by atoms with van der Waals surface area (Å²) in [6.07, 6.45) is 5.19. The topological polar surface area (TPSA) is 96.2 Å². The number of Topliss-reactive ketones (excluding diaryl/α,β-unsaturated/α-hetero) is 1. The van der Waals surface area contributed by atoms with Crippen LogP contribution in [-0.4, -0.2) is 26.7 Å². The number of carbonyl (C=O) groups is 1. The summed E-state index contributed by atoms with van der Waals surface area (Å²) in [5, 5.41) is 31.7. The summed E-state index contributed by atoms with van der Waals surface area (Å²) in [6, 6.07) is 4.62. The van der Waals surface area contributed by atoms with E-state index in [-0.39, 0.29) is 46.3 Å². The number of phenols is 3. The normalized spacial score (nSPS) is 18.5.